The number of aromatic carboxylic acids is 1. The highest BCUT2D eigenvalue weighted by molar-refractivity contribution is 7.89. The number of nitrogens with zero attached hydrogens (tertiary/aromatic N) is 1. The molecule has 3 aromatic rings. The van der Waals surface area contributed by atoms with E-state index in [2.05, 4.69) is 37.8 Å². The smallest absolute Gasteiger partial charge is 0.335 e. The van der Waals surface area contributed by atoms with Crippen LogP contribution in [0.25, 0.3) is 0 Å². The van der Waals surface area contributed by atoms with Crippen LogP contribution in [-0.2, 0) is 23.0 Å². The summed E-state index contributed by atoms with van der Waals surface area (Å²) in [5.41, 5.74) is 3.42. The zero-order valence-electron chi connectivity index (χ0n) is 30.2. The van der Waals surface area contributed by atoms with Gasteiger partial charge in [0.2, 0.25) is 10.0 Å². The van der Waals surface area contributed by atoms with Gasteiger partial charge in [0.15, 0.2) is 0 Å². The van der Waals surface area contributed by atoms with Gasteiger partial charge in [-0.3, -0.25) is 0 Å². The van der Waals surface area contributed by atoms with Crippen LogP contribution in [0.1, 0.15) is 85.0 Å². The number of carboxylic acid groups (broad SMARTS) is 1. The molecule has 12 nitrogen and oxygen atoms in total. The maximum atomic E-state index is 13.5. The van der Waals surface area contributed by atoms with Crippen LogP contribution in [0.3, 0.4) is 0 Å². The molecular formula is C39H54N2O10S. The Kier molecular flexibility index (Phi) is 19.6. The maximum Gasteiger partial charge on any atom is 0.335 e. The minimum absolute atomic E-state index is 0.135. The summed E-state index contributed by atoms with van der Waals surface area (Å²) in [6, 6.07) is 18.9. The first-order valence-electron chi connectivity index (χ1n) is 17.6. The van der Waals surface area contributed by atoms with E-state index in [4.69, 9.17) is 20.4 Å². The van der Waals surface area contributed by atoms with E-state index < -0.39 is 58.3 Å². The molecule has 0 heterocycles. The molecule has 0 aliphatic carbocycles. The third-order valence-corrected chi connectivity index (χ3v) is 10.2. The Labute approximate surface area is 307 Å². The summed E-state index contributed by atoms with van der Waals surface area (Å²) in [6.45, 7) is 4.27. The lowest BCUT2D eigenvalue weighted by Gasteiger charge is -2.24. The summed E-state index contributed by atoms with van der Waals surface area (Å²) in [7, 11) is -2.31. The second kappa shape index (κ2) is 23.0. The summed E-state index contributed by atoms with van der Waals surface area (Å²) in [5.74, 6) is 4.14. The Balaban J connectivity index is 0.000000612. The second-order valence-electron chi connectivity index (χ2n) is 12.6. The SMILES string of the molecule is CCCCCCN(Cc1ccc(C#Cc2ccc(CCCC)cc2)cc1)S(=O)(=O)c1ccc(C(=O)O)c([O-])c1.C[NH2+]C[C@H](O)[C@@H](O)[C@H](O)[C@H](O)CO. The average molecular weight is 743 g/mol. The van der Waals surface area contributed by atoms with E-state index in [0.29, 0.717) is 13.0 Å². The van der Waals surface area contributed by atoms with E-state index in [1.807, 2.05) is 36.4 Å². The number of carbonyl (C=O) groups is 1. The van der Waals surface area contributed by atoms with Crippen molar-refractivity contribution in [3.63, 3.8) is 0 Å². The Hall–Kier alpha value is -3.84. The van der Waals surface area contributed by atoms with Crippen molar-refractivity contribution in [2.24, 2.45) is 0 Å². The number of hydrogen-bond acceptors (Lipinski definition) is 9. The Bertz CT molecular complexity index is 1670. The van der Waals surface area contributed by atoms with Gasteiger partial charge in [0.25, 0.3) is 0 Å². The molecule has 13 heteroatoms. The second-order valence-corrected chi connectivity index (χ2v) is 14.5. The number of likely N-dealkylation sites (N-methyl/N-ethyl adjacent to an activating group) is 1. The molecule has 0 spiro atoms. The average Bonchev–Trinajstić information content (AvgIpc) is 3.14. The third kappa shape index (κ3) is 14.3. The van der Waals surface area contributed by atoms with Crippen molar-refractivity contribution in [1.82, 2.24) is 4.31 Å². The van der Waals surface area contributed by atoms with Gasteiger partial charge in [-0.1, -0.05) is 81.4 Å². The number of hydrogen-bond donors (Lipinski definition) is 7. The normalized spacial score (nSPS) is 13.6. The predicted molar refractivity (Wildman–Crippen MR) is 196 cm³/mol. The molecule has 0 saturated heterocycles. The highest BCUT2D eigenvalue weighted by Gasteiger charge is 2.30. The quantitative estimate of drug-likeness (QED) is 0.0696. The fraction of sp³-hybridized carbons (Fsp3) is 0.462. The lowest BCUT2D eigenvalue weighted by Crippen LogP contribution is -2.83. The van der Waals surface area contributed by atoms with Gasteiger partial charge in [-0.15, -0.1) is 0 Å². The van der Waals surface area contributed by atoms with Crippen molar-refractivity contribution >= 4 is 16.0 Å². The standard InChI is InChI=1S/C32H37NO5S.C7H17NO5/c1-3-5-7-8-22-33(39(37,38)29-20-21-30(32(35)36)31(34)23-29)24-28-18-16-27(17-19-28)15-14-26-12-10-25(11-13-26)9-6-4-2;1-8-2-4(10)6(12)7(13)5(11)3-9/h10-13,16-21,23,34H,3-9,22,24H2,1-2H3,(H,35,36);4-13H,2-3H2,1H3/t;4-,5+,6+,7+/m.0/s1. The molecule has 4 atom stereocenters. The van der Waals surface area contributed by atoms with Gasteiger partial charge in [-0.05, 0) is 72.9 Å². The van der Waals surface area contributed by atoms with Crippen LogP contribution < -0.4 is 10.4 Å². The minimum atomic E-state index is -4.00. The molecule has 0 radical (unpaired) electrons. The first-order chi connectivity index (χ1) is 24.8. The van der Waals surface area contributed by atoms with Gasteiger partial charge >= 0.3 is 5.97 Å². The first kappa shape index (κ1) is 44.3. The lowest BCUT2D eigenvalue weighted by molar-refractivity contribution is -0.635. The van der Waals surface area contributed by atoms with Crippen LogP contribution in [0.15, 0.2) is 71.6 Å². The monoisotopic (exact) mass is 742 g/mol. The van der Waals surface area contributed by atoms with E-state index in [0.717, 1.165) is 54.5 Å². The summed E-state index contributed by atoms with van der Waals surface area (Å²) in [4.78, 5) is 11.0. The topological polar surface area (TPSA) is 215 Å². The van der Waals surface area contributed by atoms with Crippen LogP contribution in [-0.4, -0.2) is 100 Å². The number of nitrogens with two attached hydrogens (primary N) is 1. The molecule has 3 rings (SSSR count). The van der Waals surface area contributed by atoms with Crippen LogP contribution >= 0.6 is 0 Å². The van der Waals surface area contributed by atoms with E-state index in [-0.39, 0.29) is 18.0 Å². The number of sulfonamides is 1. The molecule has 3 aromatic carbocycles. The number of rotatable bonds is 19. The van der Waals surface area contributed by atoms with Crippen LogP contribution in [0, 0.1) is 11.8 Å². The molecule has 52 heavy (non-hydrogen) atoms. The molecule has 0 amide bonds. The molecule has 0 unspecified atom stereocenters. The van der Waals surface area contributed by atoms with Crippen LogP contribution in [0.2, 0.25) is 0 Å². The Morgan fingerprint density at radius 1 is 0.808 bits per heavy atom. The largest absolute Gasteiger partial charge is 0.872 e. The highest BCUT2D eigenvalue weighted by atomic mass is 32.2. The molecule has 0 aliphatic rings. The first-order valence-corrected chi connectivity index (χ1v) is 19.1. The van der Waals surface area contributed by atoms with Gasteiger partial charge in [0, 0.05) is 24.2 Å². The molecule has 0 fully saturated rings. The van der Waals surface area contributed by atoms with Crippen molar-refractivity contribution in [2.45, 2.75) is 94.6 Å². The number of aryl methyl sites for hydroxylation is 1. The molecule has 0 saturated carbocycles. The number of aliphatic hydroxyl groups excluding tert-OH is 5. The molecule has 0 bridgehead atoms. The minimum Gasteiger partial charge on any atom is -0.872 e. The van der Waals surface area contributed by atoms with Crippen LogP contribution in [0.4, 0.5) is 0 Å². The molecule has 0 aromatic heterocycles. The third-order valence-electron chi connectivity index (χ3n) is 8.32. The highest BCUT2D eigenvalue weighted by Crippen LogP contribution is 2.25. The van der Waals surface area contributed by atoms with Gasteiger partial charge in [-0.25, -0.2) is 13.2 Å². The molecule has 286 valence electrons. The van der Waals surface area contributed by atoms with Gasteiger partial charge in [0.1, 0.15) is 31.0 Å². The van der Waals surface area contributed by atoms with E-state index in [1.54, 1.807) is 12.4 Å². The predicted octanol–water partition coefficient (Wildman–Crippen LogP) is 1.59. The van der Waals surface area contributed by atoms with Crippen molar-refractivity contribution in [3.05, 3.63) is 94.5 Å². The molecular weight excluding hydrogens is 689 g/mol. The number of carboxylic acids is 1. The summed E-state index contributed by atoms with van der Waals surface area (Å²) < 4.78 is 28.3. The summed E-state index contributed by atoms with van der Waals surface area (Å²) in [5, 5.41) is 67.9. The zero-order valence-corrected chi connectivity index (χ0v) is 31.0. The summed E-state index contributed by atoms with van der Waals surface area (Å²) in [6.07, 6.45) is 1.48. The molecule has 8 N–H and O–H groups in total. The number of benzene rings is 3. The maximum absolute atomic E-state index is 13.5. The molecule has 0 aliphatic heterocycles. The van der Waals surface area contributed by atoms with Crippen molar-refractivity contribution in [3.8, 4) is 17.6 Å². The zero-order chi connectivity index (χ0) is 38.7. The van der Waals surface area contributed by atoms with Gasteiger partial charge in [-0.2, -0.15) is 4.31 Å². The van der Waals surface area contributed by atoms with Crippen molar-refractivity contribution in [1.29, 1.82) is 0 Å². The van der Waals surface area contributed by atoms with E-state index in [9.17, 15) is 28.5 Å². The Morgan fingerprint density at radius 2 is 1.37 bits per heavy atom. The van der Waals surface area contributed by atoms with Gasteiger partial charge in [0.05, 0.1) is 24.1 Å². The van der Waals surface area contributed by atoms with Crippen molar-refractivity contribution < 1.29 is 54.3 Å². The number of aliphatic hydroxyl groups is 5. The summed E-state index contributed by atoms with van der Waals surface area (Å²) >= 11 is 0. The lowest BCUT2D eigenvalue weighted by atomic mass is 10.0. The van der Waals surface area contributed by atoms with Crippen LogP contribution in [0.5, 0.6) is 5.75 Å². The number of unbranched alkanes of at least 4 members (excludes halogenated alkanes) is 4. The van der Waals surface area contributed by atoms with Crippen molar-refractivity contribution in [2.75, 3.05) is 26.7 Å². The fourth-order valence-corrected chi connectivity index (χ4v) is 6.59. The Morgan fingerprint density at radius 3 is 1.87 bits per heavy atom. The van der Waals surface area contributed by atoms with E-state index in [1.165, 1.54) is 28.8 Å². The van der Waals surface area contributed by atoms with Gasteiger partial charge < -0.3 is 41.1 Å². The fourth-order valence-electron chi connectivity index (χ4n) is 5.11. The van der Waals surface area contributed by atoms with E-state index >= 15 is 0 Å². The number of quaternary nitrogens is 1.